The number of benzene rings is 4. The summed E-state index contributed by atoms with van der Waals surface area (Å²) in [5.41, 5.74) is 6.82. The molecule has 1 aromatic heterocycles. The lowest BCUT2D eigenvalue weighted by molar-refractivity contribution is -0.125. The summed E-state index contributed by atoms with van der Waals surface area (Å²) in [6.45, 7) is 5.93. The molecule has 10 nitrogen and oxygen atoms in total. The fraction of sp³-hybridized carbons (Fsp3) is 0.340. The summed E-state index contributed by atoms with van der Waals surface area (Å²) in [4.78, 5) is 22.8. The molecule has 4 aromatic carbocycles. The number of fused-ring (bicyclic) bond motifs is 1. The van der Waals surface area contributed by atoms with Gasteiger partial charge in [-0.25, -0.2) is 0 Å². The number of ketones is 1. The van der Waals surface area contributed by atoms with Crippen molar-refractivity contribution in [3.8, 4) is 23.0 Å². The highest BCUT2D eigenvalue weighted by Crippen LogP contribution is 2.38. The number of phenolic OH excluding ortho intramolecular Hbond substituents is 2. The van der Waals surface area contributed by atoms with Crippen LogP contribution in [0.3, 0.4) is 0 Å². The van der Waals surface area contributed by atoms with Crippen molar-refractivity contribution >= 4 is 22.8 Å². The van der Waals surface area contributed by atoms with E-state index < -0.39 is 18.1 Å². The van der Waals surface area contributed by atoms with Crippen molar-refractivity contribution < 1.29 is 34.7 Å². The number of methoxy groups -OCH3 is 1. The van der Waals surface area contributed by atoms with Crippen LogP contribution in [0.4, 0.5) is 0 Å². The number of aliphatic hydroxyl groups is 2. The maximum atomic E-state index is 14.4. The first-order valence-electron chi connectivity index (χ1n) is 19.7. The minimum absolute atomic E-state index is 0.0300. The van der Waals surface area contributed by atoms with E-state index in [1.807, 2.05) is 30.3 Å². The molecule has 0 amide bonds. The van der Waals surface area contributed by atoms with E-state index in [2.05, 4.69) is 46.5 Å². The van der Waals surface area contributed by atoms with Crippen LogP contribution >= 0.6 is 0 Å². The molecule has 0 saturated carbocycles. The van der Waals surface area contributed by atoms with Crippen LogP contribution < -0.4 is 19.8 Å². The minimum atomic E-state index is -0.997. The van der Waals surface area contributed by atoms with E-state index in [9.17, 15) is 25.2 Å². The number of hydrogen-bond acceptors (Lipinski definition) is 9. The van der Waals surface area contributed by atoms with E-state index in [1.54, 1.807) is 63.5 Å². The number of hydrogen-bond donors (Lipinski definition) is 5. The fourth-order valence-electron chi connectivity index (χ4n) is 7.79. The number of allylic oxidation sites excluding steroid dienone is 1. The van der Waals surface area contributed by atoms with Crippen LogP contribution in [0, 0.1) is 18.4 Å². The Morgan fingerprint density at radius 3 is 2.46 bits per heavy atom. The minimum Gasteiger partial charge on any atom is -0.670 e. The number of Topliss-reactive ketones (excluding diaryl/α,β-unsaturated/α-hetero) is 1. The lowest BCUT2D eigenvalue weighted by Gasteiger charge is -2.26. The van der Waals surface area contributed by atoms with Gasteiger partial charge in [0.1, 0.15) is 24.6 Å². The average molecular weight is 772 g/mol. The highest BCUT2D eigenvalue weighted by atomic mass is 16.5. The summed E-state index contributed by atoms with van der Waals surface area (Å²) in [5.74, 6) is -0.253. The Balaban J connectivity index is 1.27. The highest BCUT2D eigenvalue weighted by Gasteiger charge is 2.31. The summed E-state index contributed by atoms with van der Waals surface area (Å²) < 4.78 is 11.6. The van der Waals surface area contributed by atoms with Crippen molar-refractivity contribution in [1.82, 2.24) is 10.3 Å². The summed E-state index contributed by atoms with van der Waals surface area (Å²) in [5, 5.41) is 48.4. The normalized spacial score (nSPS) is 14.5. The topological polar surface area (TPSA) is 155 Å². The van der Waals surface area contributed by atoms with Gasteiger partial charge in [-0.2, -0.15) is 12.4 Å². The van der Waals surface area contributed by atoms with Gasteiger partial charge < -0.3 is 34.9 Å². The molecule has 4 atom stereocenters. The third-order valence-corrected chi connectivity index (χ3v) is 10.8. The number of aromatic hydroxyl groups is 2. The maximum absolute atomic E-state index is 14.4. The zero-order valence-corrected chi connectivity index (χ0v) is 32.9. The number of aliphatic hydroxyl groups excluding tert-OH is 2. The molecule has 2 heterocycles. The van der Waals surface area contributed by atoms with Crippen molar-refractivity contribution in [2.24, 2.45) is 16.8 Å². The first kappa shape index (κ1) is 41.1. The van der Waals surface area contributed by atoms with Gasteiger partial charge in [0.05, 0.1) is 25.4 Å². The molecule has 5 N–H and O–H groups in total. The number of carbonyl (C=O) groups is 1. The van der Waals surface area contributed by atoms with Gasteiger partial charge in [0.25, 0.3) is 0 Å². The monoisotopic (exact) mass is 771 g/mol. The van der Waals surface area contributed by atoms with Crippen LogP contribution in [0.5, 0.6) is 23.0 Å². The number of ether oxygens (including phenoxy) is 2. The molecule has 0 aliphatic carbocycles. The lowest BCUT2D eigenvalue weighted by atomic mass is 9.81. The molecule has 5 aromatic rings. The highest BCUT2D eigenvalue weighted by molar-refractivity contribution is 5.88. The van der Waals surface area contributed by atoms with Crippen LogP contribution in [0.1, 0.15) is 60.1 Å². The SMILES string of the molecule is CCc1ccc2ccccc2c1Cc1c(CC(Cc2cc[n-]c2)C(O)CC(=O)C(CC2=C[CH+]N=C2)Cc2ccc(O)c(OCNCC(C)O)c2)ccc(O)c1OC. The molecule has 1 aliphatic heterocycles. The van der Waals surface area contributed by atoms with Crippen LogP contribution in [-0.4, -0.2) is 65.0 Å². The predicted octanol–water partition coefficient (Wildman–Crippen LogP) is 6.82. The Kier molecular flexibility index (Phi) is 14.1. The summed E-state index contributed by atoms with van der Waals surface area (Å²) in [6, 6.07) is 23.1. The van der Waals surface area contributed by atoms with Gasteiger partial charge in [-0.1, -0.05) is 67.1 Å². The van der Waals surface area contributed by atoms with Crippen molar-refractivity contribution in [3.05, 3.63) is 137 Å². The molecule has 1 aliphatic rings. The molecule has 0 spiro atoms. The molecule has 0 fully saturated rings. The third-order valence-electron chi connectivity index (χ3n) is 10.8. The van der Waals surface area contributed by atoms with Crippen molar-refractivity contribution in [2.75, 3.05) is 20.4 Å². The van der Waals surface area contributed by atoms with E-state index in [1.165, 1.54) is 5.56 Å². The van der Waals surface area contributed by atoms with Gasteiger partial charge in [-0.05, 0) is 89.8 Å². The Bertz CT molecular complexity index is 2180. The number of aliphatic imine (C=N–C) groups is 1. The first-order chi connectivity index (χ1) is 27.6. The number of nitrogens with one attached hydrogen (secondary N) is 1. The second kappa shape index (κ2) is 19.5. The molecule has 298 valence electrons. The zero-order valence-electron chi connectivity index (χ0n) is 32.9. The molecule has 0 radical (unpaired) electrons. The average Bonchev–Trinajstić information content (AvgIpc) is 3.93. The molecule has 0 bridgehead atoms. The third kappa shape index (κ3) is 10.7. The van der Waals surface area contributed by atoms with Crippen LogP contribution in [0.2, 0.25) is 0 Å². The van der Waals surface area contributed by atoms with Crippen molar-refractivity contribution in [3.63, 3.8) is 0 Å². The lowest BCUT2D eigenvalue weighted by Crippen LogP contribution is -2.31. The molecule has 6 rings (SSSR count). The number of rotatable bonds is 21. The number of nitrogens with zero attached hydrogens (tertiary/aromatic N) is 2. The summed E-state index contributed by atoms with van der Waals surface area (Å²) >= 11 is 0. The Labute approximate surface area is 334 Å². The number of phenols is 2. The van der Waals surface area contributed by atoms with Crippen LogP contribution in [-0.2, 0) is 36.9 Å². The number of carbonyl (C=O) groups excluding carboxylic acids is 1. The molecular formula is C47H53N3O7. The fourth-order valence-corrected chi connectivity index (χ4v) is 7.79. The number of aryl methyl sites for hydroxylation is 1. The van der Waals surface area contributed by atoms with E-state index >= 15 is 0 Å². The van der Waals surface area contributed by atoms with Gasteiger partial charge in [0, 0.05) is 37.3 Å². The molecule has 57 heavy (non-hydrogen) atoms. The largest absolute Gasteiger partial charge is 0.670 e. The van der Waals surface area contributed by atoms with Gasteiger partial charge in [0.15, 0.2) is 29.2 Å². The predicted molar refractivity (Wildman–Crippen MR) is 223 cm³/mol. The molecule has 4 unspecified atom stereocenters. The van der Waals surface area contributed by atoms with Gasteiger partial charge in [-0.3, -0.25) is 10.1 Å². The molecular weight excluding hydrogens is 719 g/mol. The van der Waals surface area contributed by atoms with E-state index in [-0.39, 0.29) is 42.1 Å². The number of aromatic nitrogens is 1. The van der Waals surface area contributed by atoms with Crippen molar-refractivity contribution in [1.29, 1.82) is 0 Å². The van der Waals surface area contributed by atoms with Crippen LogP contribution in [0.25, 0.3) is 10.8 Å². The van der Waals surface area contributed by atoms with Crippen molar-refractivity contribution in [2.45, 2.75) is 71.0 Å². The second-order valence-corrected chi connectivity index (χ2v) is 15.0. The quantitative estimate of drug-likeness (QED) is 0.0307. The molecule has 10 heteroatoms. The summed E-state index contributed by atoms with van der Waals surface area (Å²) in [6.07, 6.45) is 8.61. The Morgan fingerprint density at radius 2 is 1.72 bits per heavy atom. The first-order valence-corrected chi connectivity index (χ1v) is 19.7. The Hall–Kier alpha value is -5.55. The van der Waals surface area contributed by atoms with Gasteiger partial charge >= 0.3 is 0 Å². The Morgan fingerprint density at radius 1 is 0.912 bits per heavy atom. The van der Waals surface area contributed by atoms with E-state index in [4.69, 9.17) is 9.47 Å². The van der Waals surface area contributed by atoms with Crippen LogP contribution in [0.15, 0.2) is 102 Å². The van der Waals surface area contributed by atoms with E-state index in [0.717, 1.165) is 50.6 Å². The zero-order chi connectivity index (χ0) is 40.3. The smallest absolute Gasteiger partial charge is 0.176 e. The van der Waals surface area contributed by atoms with E-state index in [0.29, 0.717) is 44.4 Å². The summed E-state index contributed by atoms with van der Waals surface area (Å²) in [7, 11) is 1.56. The molecule has 0 saturated heterocycles. The second-order valence-electron chi connectivity index (χ2n) is 15.0. The van der Waals surface area contributed by atoms with Gasteiger partial charge in [-0.15, -0.1) is 4.99 Å². The maximum Gasteiger partial charge on any atom is 0.176 e. The van der Waals surface area contributed by atoms with Gasteiger partial charge in [0.2, 0.25) is 0 Å². The standard InChI is InChI=1S/C47H53N3O7/c1-4-34-10-11-35-7-5-6-8-39(35)40(34)24-41-36(12-14-43(53)47(41)56-3)23-38(21-33-16-18-49-28-33)45(55)25-44(54)37(20-32-15-17-48-27-32)19-31-9-13-42(52)46(22-31)57-29-50-26-30(2)51/h5-18,22,27-28,30,37-38,45,50-53,55H,4,19-21,23-26,29H2,1-3H3.